The van der Waals surface area contributed by atoms with E-state index in [-0.39, 0.29) is 18.8 Å². The Morgan fingerprint density at radius 2 is 2.09 bits per heavy atom. The van der Waals surface area contributed by atoms with E-state index in [4.69, 9.17) is 9.47 Å². The Morgan fingerprint density at radius 1 is 1.35 bits per heavy atom. The summed E-state index contributed by atoms with van der Waals surface area (Å²) < 4.78 is 37.1. The highest BCUT2D eigenvalue weighted by Crippen LogP contribution is 2.41. The van der Waals surface area contributed by atoms with Gasteiger partial charge in [0.05, 0.1) is 11.8 Å². The van der Waals surface area contributed by atoms with Gasteiger partial charge in [-0.05, 0) is 33.8 Å². The van der Waals surface area contributed by atoms with Crippen LogP contribution < -0.4 is 14.2 Å². The molecule has 0 saturated carbocycles. The van der Waals surface area contributed by atoms with Crippen LogP contribution in [-0.4, -0.2) is 32.4 Å². The molecule has 0 aliphatic carbocycles. The van der Waals surface area contributed by atoms with Crippen molar-refractivity contribution in [2.75, 3.05) is 13.2 Å². The van der Waals surface area contributed by atoms with Crippen LogP contribution in [0.1, 0.15) is 33.3 Å². The van der Waals surface area contributed by atoms with Crippen molar-refractivity contribution >= 4 is 10.0 Å². The summed E-state index contributed by atoms with van der Waals surface area (Å²) >= 11 is 0. The van der Waals surface area contributed by atoms with Gasteiger partial charge in [0.1, 0.15) is 12.2 Å². The molecule has 6 heteroatoms. The Bertz CT molecular complexity index is 727. The second kappa shape index (κ2) is 6.81. The van der Waals surface area contributed by atoms with Gasteiger partial charge in [0.2, 0.25) is 10.0 Å². The first-order valence-corrected chi connectivity index (χ1v) is 9.14. The molecule has 0 spiro atoms. The van der Waals surface area contributed by atoms with Gasteiger partial charge in [0.15, 0.2) is 11.5 Å². The topological polar surface area (TPSA) is 64.6 Å². The third-order valence-electron chi connectivity index (χ3n) is 3.46. The Morgan fingerprint density at radius 3 is 2.78 bits per heavy atom. The molecule has 0 unspecified atom stereocenters. The molecule has 0 fully saturated rings. The highest BCUT2D eigenvalue weighted by molar-refractivity contribution is 7.90. The lowest BCUT2D eigenvalue weighted by molar-refractivity contribution is 0.133. The fraction of sp³-hybridized carbons (Fsp3) is 0.529. The fourth-order valence-electron chi connectivity index (χ4n) is 2.23. The fourth-order valence-corrected chi connectivity index (χ4v) is 2.84. The first-order chi connectivity index (χ1) is 10.7. The molecule has 0 bridgehead atoms. The van der Waals surface area contributed by atoms with E-state index in [1.54, 1.807) is 13.8 Å². The van der Waals surface area contributed by atoms with Crippen molar-refractivity contribution < 1.29 is 17.9 Å². The molecule has 1 heterocycles. The van der Waals surface area contributed by atoms with Crippen LogP contribution in [-0.2, 0) is 16.4 Å². The van der Waals surface area contributed by atoms with Gasteiger partial charge in [-0.25, -0.2) is 13.1 Å². The zero-order valence-electron chi connectivity index (χ0n) is 14.0. The van der Waals surface area contributed by atoms with Crippen molar-refractivity contribution in [2.24, 2.45) is 0 Å². The van der Waals surface area contributed by atoms with Gasteiger partial charge >= 0.3 is 0 Å². The smallest absolute Gasteiger partial charge is 0.214 e. The maximum Gasteiger partial charge on any atom is 0.214 e. The van der Waals surface area contributed by atoms with Gasteiger partial charge < -0.3 is 9.47 Å². The van der Waals surface area contributed by atoms with Gasteiger partial charge in [-0.15, -0.1) is 0 Å². The minimum atomic E-state index is -3.27. The summed E-state index contributed by atoms with van der Waals surface area (Å²) in [6, 6.07) is 5.82. The van der Waals surface area contributed by atoms with Crippen LogP contribution in [0.5, 0.6) is 11.5 Å². The van der Waals surface area contributed by atoms with Gasteiger partial charge in [-0.1, -0.05) is 24.0 Å². The van der Waals surface area contributed by atoms with E-state index in [2.05, 4.69) is 16.6 Å². The van der Waals surface area contributed by atoms with Crippen molar-refractivity contribution in [3.8, 4) is 23.3 Å². The van der Waals surface area contributed by atoms with Crippen molar-refractivity contribution in [3.63, 3.8) is 0 Å². The first kappa shape index (κ1) is 17.6. The highest BCUT2D eigenvalue weighted by Gasteiger charge is 2.32. The molecule has 23 heavy (non-hydrogen) atoms. The number of ether oxygens (including phenoxy) is 2. The Hall–Kier alpha value is -1.71. The van der Waals surface area contributed by atoms with E-state index in [0.29, 0.717) is 5.75 Å². The van der Waals surface area contributed by atoms with Crippen LogP contribution in [0.4, 0.5) is 0 Å². The number of rotatable bonds is 5. The number of nitrogens with one attached hydrogen (secondary N) is 1. The van der Waals surface area contributed by atoms with E-state index in [1.165, 1.54) is 0 Å². The monoisotopic (exact) mass is 337 g/mol. The quantitative estimate of drug-likeness (QED) is 0.836. The highest BCUT2D eigenvalue weighted by atomic mass is 32.2. The molecule has 1 aliphatic rings. The minimum Gasteiger partial charge on any atom is -0.483 e. The standard InChI is InChI=1S/C17H23NO4S/c1-13(2)23(19,20)18-10-5-6-11-21-15-9-7-8-14-12-17(3,4)22-16(14)15/h7-9,13,18H,10-12H2,1-4H3. The van der Waals surface area contributed by atoms with Crippen LogP contribution in [0.3, 0.4) is 0 Å². The first-order valence-electron chi connectivity index (χ1n) is 7.59. The summed E-state index contributed by atoms with van der Waals surface area (Å²) in [6.07, 6.45) is 0.849. The van der Waals surface area contributed by atoms with E-state index in [0.717, 1.165) is 17.7 Å². The van der Waals surface area contributed by atoms with E-state index in [9.17, 15) is 8.42 Å². The minimum absolute atomic E-state index is 0.0836. The molecule has 0 saturated heterocycles. The third-order valence-corrected chi connectivity index (χ3v) is 5.25. The molecule has 0 aromatic heterocycles. The predicted octanol–water partition coefficient (Wildman–Crippen LogP) is 2.11. The molecule has 2 rings (SSSR count). The van der Waals surface area contributed by atoms with Crippen LogP contribution >= 0.6 is 0 Å². The molecule has 0 atom stereocenters. The zero-order valence-corrected chi connectivity index (χ0v) is 14.8. The molecule has 1 aromatic rings. The number of fused-ring (bicyclic) bond motifs is 1. The molecular formula is C17H23NO4S. The molecule has 126 valence electrons. The van der Waals surface area contributed by atoms with Crippen LogP contribution in [0.2, 0.25) is 0 Å². The van der Waals surface area contributed by atoms with E-state index >= 15 is 0 Å². The molecule has 0 radical (unpaired) electrons. The van der Waals surface area contributed by atoms with Crippen molar-refractivity contribution in [2.45, 2.75) is 45.0 Å². The van der Waals surface area contributed by atoms with Gasteiger partial charge in [0.25, 0.3) is 0 Å². The van der Waals surface area contributed by atoms with Crippen molar-refractivity contribution in [3.05, 3.63) is 23.8 Å². The summed E-state index contributed by atoms with van der Waals surface area (Å²) in [7, 11) is -3.27. The summed E-state index contributed by atoms with van der Waals surface area (Å²) in [4.78, 5) is 0. The summed E-state index contributed by atoms with van der Waals surface area (Å²) in [6.45, 7) is 7.59. The SMILES string of the molecule is CC(C)S(=O)(=O)NCC#CCOc1cccc2c1OC(C)(C)C2. The van der Waals surface area contributed by atoms with E-state index < -0.39 is 15.3 Å². The number of sulfonamides is 1. The Kier molecular flexibility index (Phi) is 5.23. The van der Waals surface area contributed by atoms with E-state index in [1.807, 2.05) is 32.0 Å². The molecule has 1 aliphatic heterocycles. The Labute approximate surface area is 138 Å². The second-order valence-electron chi connectivity index (χ2n) is 6.34. The molecular weight excluding hydrogens is 314 g/mol. The van der Waals surface area contributed by atoms with Gasteiger partial charge in [-0.3, -0.25) is 0 Å². The van der Waals surface area contributed by atoms with Crippen molar-refractivity contribution in [1.82, 2.24) is 4.72 Å². The summed E-state index contributed by atoms with van der Waals surface area (Å²) in [5.74, 6) is 7.00. The predicted molar refractivity (Wildman–Crippen MR) is 90.2 cm³/mol. The van der Waals surface area contributed by atoms with Crippen LogP contribution in [0, 0.1) is 11.8 Å². The zero-order chi connectivity index (χ0) is 17.1. The number of hydrogen-bond acceptors (Lipinski definition) is 4. The maximum absolute atomic E-state index is 11.5. The van der Waals surface area contributed by atoms with Crippen LogP contribution in [0.25, 0.3) is 0 Å². The maximum atomic E-state index is 11.5. The molecule has 1 N–H and O–H groups in total. The number of para-hydroxylation sites is 1. The molecule has 5 nitrogen and oxygen atoms in total. The van der Waals surface area contributed by atoms with Gasteiger partial charge in [0, 0.05) is 12.0 Å². The average molecular weight is 337 g/mol. The summed E-state index contributed by atoms with van der Waals surface area (Å²) in [5.41, 5.74) is 0.910. The second-order valence-corrected chi connectivity index (χ2v) is 8.66. The average Bonchev–Trinajstić information content (AvgIpc) is 2.77. The molecule has 0 amide bonds. The largest absolute Gasteiger partial charge is 0.483 e. The number of benzene rings is 1. The van der Waals surface area contributed by atoms with Gasteiger partial charge in [-0.2, -0.15) is 0 Å². The number of hydrogen-bond donors (Lipinski definition) is 1. The molecule has 1 aromatic carbocycles. The normalized spacial score (nSPS) is 15.5. The lowest BCUT2D eigenvalue weighted by Crippen LogP contribution is -2.31. The lowest BCUT2D eigenvalue weighted by Gasteiger charge is -2.17. The third kappa shape index (κ3) is 4.63. The Balaban J connectivity index is 1.88. The van der Waals surface area contributed by atoms with Crippen LogP contribution in [0.15, 0.2) is 18.2 Å². The van der Waals surface area contributed by atoms with Crippen molar-refractivity contribution in [1.29, 1.82) is 0 Å². The lowest BCUT2D eigenvalue weighted by atomic mass is 10.0. The summed E-state index contributed by atoms with van der Waals surface area (Å²) in [5, 5.41) is -0.465.